The van der Waals surface area contributed by atoms with Crippen molar-refractivity contribution < 1.29 is 14.3 Å². The SMILES string of the molecule is C[C@@H]1CN(c2ccc(C#N)n3ncc(F)c23)Cc2c3c(nn21)CN(CC(=O)N(C)C)[C@@H](CO)C3. The summed E-state index contributed by atoms with van der Waals surface area (Å²) in [6, 6.07) is 5.34. The third-order valence-electron chi connectivity index (χ3n) is 6.85. The number of aromatic nitrogens is 4. The molecule has 3 aromatic heterocycles. The smallest absolute Gasteiger partial charge is 0.236 e. The minimum Gasteiger partial charge on any atom is -0.395 e. The molecule has 0 bridgehead atoms. The molecule has 1 amide bonds. The highest BCUT2D eigenvalue weighted by atomic mass is 19.1. The number of amides is 1. The van der Waals surface area contributed by atoms with Crippen molar-refractivity contribution in [3.05, 3.63) is 46.8 Å². The third kappa shape index (κ3) is 3.50. The minimum atomic E-state index is -0.470. The van der Waals surface area contributed by atoms with Crippen LogP contribution in [0.15, 0.2) is 18.3 Å². The third-order valence-corrected chi connectivity index (χ3v) is 6.85. The number of hydrogen-bond acceptors (Lipinski definition) is 7. The highest BCUT2D eigenvalue weighted by Crippen LogP contribution is 2.35. The molecule has 34 heavy (non-hydrogen) atoms. The van der Waals surface area contributed by atoms with E-state index >= 15 is 0 Å². The number of pyridine rings is 1. The molecular formula is C23H27FN8O2. The lowest BCUT2D eigenvalue weighted by atomic mass is 9.96. The first-order valence-electron chi connectivity index (χ1n) is 11.3. The van der Waals surface area contributed by atoms with Crippen LogP contribution in [-0.4, -0.2) is 80.0 Å². The highest BCUT2D eigenvalue weighted by Gasteiger charge is 2.36. The van der Waals surface area contributed by atoms with Gasteiger partial charge in [-0.25, -0.2) is 8.91 Å². The number of aliphatic hydroxyl groups excluding tert-OH is 1. The standard InChI is InChI=1S/C23H27FN8O2/c1-14-9-30(20-5-4-15(7-25)32-23(20)18(24)8-26-32)11-21-17-6-16(13-33)29(12-22(34)28(2)3)10-19(17)27-31(14)21/h4-5,8,14,16,33H,6,9-13H2,1-3H3/t14-,16-/m1/s1. The van der Waals surface area contributed by atoms with Crippen molar-refractivity contribution in [2.24, 2.45) is 0 Å². The number of halogens is 1. The van der Waals surface area contributed by atoms with Crippen LogP contribution >= 0.6 is 0 Å². The van der Waals surface area contributed by atoms with Gasteiger partial charge in [0.25, 0.3) is 0 Å². The largest absolute Gasteiger partial charge is 0.395 e. The van der Waals surface area contributed by atoms with Crippen molar-refractivity contribution >= 4 is 17.1 Å². The lowest BCUT2D eigenvalue weighted by molar-refractivity contribution is -0.131. The normalized spacial score (nSPS) is 20.2. The monoisotopic (exact) mass is 466 g/mol. The van der Waals surface area contributed by atoms with Crippen LogP contribution in [-0.2, 0) is 24.3 Å². The molecule has 178 valence electrons. The fourth-order valence-electron chi connectivity index (χ4n) is 5.03. The molecule has 10 nitrogen and oxygen atoms in total. The fraction of sp³-hybridized carbons (Fsp3) is 0.478. The van der Waals surface area contributed by atoms with E-state index in [-0.39, 0.29) is 42.4 Å². The van der Waals surface area contributed by atoms with E-state index in [9.17, 15) is 19.6 Å². The zero-order valence-corrected chi connectivity index (χ0v) is 19.4. The number of likely N-dealkylation sites (N-methyl/N-ethyl adjacent to an activating group) is 1. The van der Waals surface area contributed by atoms with Crippen LogP contribution in [0.4, 0.5) is 10.1 Å². The Labute approximate surface area is 196 Å². The summed E-state index contributed by atoms with van der Waals surface area (Å²) in [4.78, 5) is 17.9. The maximum absolute atomic E-state index is 14.7. The molecule has 0 aliphatic carbocycles. The predicted octanol–water partition coefficient (Wildman–Crippen LogP) is 0.930. The van der Waals surface area contributed by atoms with E-state index in [0.717, 1.165) is 23.1 Å². The molecule has 0 unspecified atom stereocenters. The lowest BCUT2D eigenvalue weighted by Crippen LogP contribution is -2.47. The average molecular weight is 467 g/mol. The van der Waals surface area contributed by atoms with Crippen LogP contribution in [0.25, 0.3) is 5.52 Å². The second-order valence-corrected chi connectivity index (χ2v) is 9.25. The van der Waals surface area contributed by atoms with Gasteiger partial charge in [0.05, 0.1) is 49.0 Å². The van der Waals surface area contributed by atoms with Crippen molar-refractivity contribution in [1.29, 1.82) is 5.26 Å². The minimum absolute atomic E-state index is 0.0157. The zero-order valence-electron chi connectivity index (χ0n) is 19.4. The first kappa shape index (κ1) is 22.3. The Morgan fingerprint density at radius 3 is 2.85 bits per heavy atom. The van der Waals surface area contributed by atoms with E-state index < -0.39 is 5.82 Å². The van der Waals surface area contributed by atoms with Crippen molar-refractivity contribution in [2.75, 3.05) is 38.7 Å². The van der Waals surface area contributed by atoms with Crippen LogP contribution in [0, 0.1) is 17.1 Å². The van der Waals surface area contributed by atoms with Gasteiger partial charge in [-0.2, -0.15) is 15.5 Å². The van der Waals surface area contributed by atoms with E-state index in [1.165, 1.54) is 4.52 Å². The van der Waals surface area contributed by atoms with Gasteiger partial charge in [-0.3, -0.25) is 14.4 Å². The Morgan fingerprint density at radius 2 is 2.15 bits per heavy atom. The first-order chi connectivity index (χ1) is 16.3. The summed E-state index contributed by atoms with van der Waals surface area (Å²) >= 11 is 0. The maximum Gasteiger partial charge on any atom is 0.236 e. The number of carbonyl (C=O) groups excluding carboxylic acids is 1. The van der Waals surface area contributed by atoms with E-state index in [4.69, 9.17) is 5.10 Å². The summed E-state index contributed by atoms with van der Waals surface area (Å²) in [6.07, 6.45) is 1.72. The summed E-state index contributed by atoms with van der Waals surface area (Å²) in [5, 5.41) is 28.3. The molecular weight excluding hydrogens is 439 g/mol. The van der Waals surface area contributed by atoms with Gasteiger partial charge in [0.2, 0.25) is 5.91 Å². The van der Waals surface area contributed by atoms with Gasteiger partial charge in [-0.1, -0.05) is 0 Å². The van der Waals surface area contributed by atoms with Crippen LogP contribution < -0.4 is 4.90 Å². The van der Waals surface area contributed by atoms with Crippen LogP contribution in [0.3, 0.4) is 0 Å². The van der Waals surface area contributed by atoms with Crippen molar-refractivity contribution in [2.45, 2.75) is 38.5 Å². The lowest BCUT2D eigenvalue weighted by Gasteiger charge is -2.36. The summed E-state index contributed by atoms with van der Waals surface area (Å²) in [6.45, 7) is 3.87. The van der Waals surface area contributed by atoms with Crippen molar-refractivity contribution in [1.82, 2.24) is 29.2 Å². The molecule has 1 N–H and O–H groups in total. The number of nitrogens with zero attached hydrogens (tertiary/aromatic N) is 8. The van der Waals surface area contributed by atoms with Crippen molar-refractivity contribution in [3.8, 4) is 6.07 Å². The van der Waals surface area contributed by atoms with Crippen LogP contribution in [0.2, 0.25) is 0 Å². The Balaban J connectivity index is 1.50. The van der Waals surface area contributed by atoms with E-state index in [2.05, 4.69) is 23.0 Å². The highest BCUT2D eigenvalue weighted by molar-refractivity contribution is 5.78. The second kappa shape index (κ2) is 8.38. The van der Waals surface area contributed by atoms with Gasteiger partial charge >= 0.3 is 0 Å². The maximum atomic E-state index is 14.7. The number of fused-ring (bicyclic) bond motifs is 4. The van der Waals surface area contributed by atoms with Gasteiger partial charge < -0.3 is 14.9 Å². The Hall–Kier alpha value is -3.49. The summed E-state index contributed by atoms with van der Waals surface area (Å²) < 4.78 is 18.1. The van der Waals surface area contributed by atoms with Gasteiger partial charge in [0.1, 0.15) is 17.3 Å². The molecule has 0 saturated heterocycles. The molecule has 2 atom stereocenters. The number of rotatable bonds is 4. The quantitative estimate of drug-likeness (QED) is 0.610. The Kier molecular flexibility index (Phi) is 5.50. The Bertz CT molecular complexity index is 1310. The van der Waals surface area contributed by atoms with Gasteiger partial charge in [-0.05, 0) is 25.5 Å². The summed E-state index contributed by atoms with van der Waals surface area (Å²) in [5.41, 5.74) is 4.27. The topological polar surface area (TPSA) is 106 Å². The van der Waals surface area contributed by atoms with Gasteiger partial charge in [-0.15, -0.1) is 0 Å². The molecule has 3 aromatic rings. The van der Waals surface area contributed by atoms with Gasteiger partial charge in [0.15, 0.2) is 5.82 Å². The summed E-state index contributed by atoms with van der Waals surface area (Å²) in [7, 11) is 3.45. The average Bonchev–Trinajstić information content (AvgIpc) is 3.38. The van der Waals surface area contributed by atoms with E-state index in [1.807, 2.05) is 9.58 Å². The summed E-state index contributed by atoms with van der Waals surface area (Å²) in [5.74, 6) is -0.486. The molecule has 2 aliphatic rings. The molecule has 0 aromatic carbocycles. The van der Waals surface area contributed by atoms with Crippen molar-refractivity contribution in [3.63, 3.8) is 0 Å². The number of hydrogen-bond donors (Lipinski definition) is 1. The first-order valence-corrected chi connectivity index (χ1v) is 11.3. The number of carbonyl (C=O) groups is 1. The predicted molar refractivity (Wildman–Crippen MR) is 122 cm³/mol. The van der Waals surface area contributed by atoms with Crippen LogP contribution in [0.1, 0.15) is 35.6 Å². The molecule has 5 rings (SSSR count). The molecule has 0 fully saturated rings. The number of anilines is 1. The molecule has 0 spiro atoms. The number of nitriles is 1. The zero-order chi connectivity index (χ0) is 24.1. The number of aliphatic hydroxyl groups is 1. The van der Waals surface area contributed by atoms with E-state index in [0.29, 0.717) is 31.7 Å². The second-order valence-electron chi connectivity index (χ2n) is 9.25. The van der Waals surface area contributed by atoms with Gasteiger partial charge in [0, 0.05) is 38.8 Å². The molecule has 11 heteroatoms. The molecule has 0 saturated carbocycles. The van der Waals surface area contributed by atoms with E-state index in [1.54, 1.807) is 31.1 Å². The molecule has 0 radical (unpaired) electrons. The molecule has 2 aliphatic heterocycles. The molecule has 5 heterocycles. The fourth-order valence-corrected chi connectivity index (χ4v) is 5.03. The van der Waals surface area contributed by atoms with Crippen LogP contribution in [0.5, 0.6) is 0 Å². The Morgan fingerprint density at radius 1 is 1.35 bits per heavy atom.